The van der Waals surface area contributed by atoms with Crippen molar-refractivity contribution < 1.29 is 9.47 Å². The van der Waals surface area contributed by atoms with Gasteiger partial charge >= 0.3 is 0 Å². The van der Waals surface area contributed by atoms with Crippen LogP contribution in [0.2, 0.25) is 0 Å². The first kappa shape index (κ1) is 20.3. The highest BCUT2D eigenvalue weighted by atomic mass is 16.5. The Bertz CT molecular complexity index is 925. The lowest BCUT2D eigenvalue weighted by Crippen LogP contribution is -2.05. The molecule has 2 rings (SSSR count). The summed E-state index contributed by atoms with van der Waals surface area (Å²) in [5.41, 5.74) is 0.488. The summed E-state index contributed by atoms with van der Waals surface area (Å²) in [6.45, 7) is 0.857. The van der Waals surface area contributed by atoms with Crippen molar-refractivity contribution in [2.24, 2.45) is 14.1 Å². The van der Waals surface area contributed by atoms with E-state index in [1.54, 1.807) is 14.1 Å². The Hall–Kier alpha value is -4.02. The predicted molar refractivity (Wildman–Crippen MR) is 94.7 cm³/mol. The lowest BCUT2D eigenvalue weighted by atomic mass is 10.2. The van der Waals surface area contributed by atoms with Crippen molar-refractivity contribution in [3.8, 4) is 36.3 Å². The molecule has 0 fully saturated rings. The third kappa shape index (κ3) is 4.38. The van der Waals surface area contributed by atoms with Crippen LogP contribution >= 0.6 is 0 Å². The van der Waals surface area contributed by atoms with Crippen molar-refractivity contribution in [3.05, 3.63) is 22.8 Å². The maximum absolute atomic E-state index is 9.01. The highest BCUT2D eigenvalue weighted by Gasteiger charge is 2.15. The summed E-state index contributed by atoms with van der Waals surface area (Å²) in [5.74, 6) is 0. The molecule has 2 aromatic rings. The van der Waals surface area contributed by atoms with Crippen molar-refractivity contribution in [2.75, 3.05) is 13.2 Å². The van der Waals surface area contributed by atoms with Crippen LogP contribution < -0.4 is 9.47 Å². The van der Waals surface area contributed by atoms with Gasteiger partial charge in [0.25, 0.3) is 12.0 Å². The molecule has 0 aromatic carbocycles. The van der Waals surface area contributed by atoms with Gasteiger partial charge in [0, 0.05) is 14.1 Å². The Labute approximate surface area is 162 Å². The smallest absolute Gasteiger partial charge is 0.298 e. The van der Waals surface area contributed by atoms with E-state index in [0.29, 0.717) is 13.2 Å². The van der Waals surface area contributed by atoms with Crippen LogP contribution in [0.5, 0.6) is 12.0 Å². The van der Waals surface area contributed by atoms with Crippen LogP contribution in [-0.2, 0) is 14.1 Å². The van der Waals surface area contributed by atoms with Gasteiger partial charge in [0.05, 0.1) is 13.2 Å². The molecule has 0 N–H and O–H groups in total. The second kappa shape index (κ2) is 9.62. The average Bonchev–Trinajstić information content (AvgIpc) is 3.19. The van der Waals surface area contributed by atoms with E-state index in [9.17, 15) is 0 Å². The van der Waals surface area contributed by atoms with Gasteiger partial charge in [0.1, 0.15) is 24.3 Å². The number of imidazole rings is 2. The largest absolute Gasteiger partial charge is 0.465 e. The van der Waals surface area contributed by atoms with Gasteiger partial charge in [-0.1, -0.05) is 0 Å². The van der Waals surface area contributed by atoms with Gasteiger partial charge in [-0.25, -0.2) is 0 Å². The Balaban J connectivity index is 1.68. The molecule has 0 aliphatic heterocycles. The Kier molecular flexibility index (Phi) is 6.97. The maximum Gasteiger partial charge on any atom is 0.298 e. The molecule has 2 aromatic heterocycles. The van der Waals surface area contributed by atoms with Crippen LogP contribution in [-0.4, -0.2) is 32.3 Å². The predicted octanol–water partition coefficient (Wildman–Crippen LogP) is 1.66. The lowest BCUT2D eigenvalue weighted by Gasteiger charge is -2.07. The van der Waals surface area contributed by atoms with Crippen molar-refractivity contribution in [1.29, 1.82) is 21.0 Å². The fraction of sp³-hybridized carbons (Fsp3) is 0.444. The normalized spacial score (nSPS) is 9.79. The van der Waals surface area contributed by atoms with Gasteiger partial charge < -0.3 is 9.47 Å². The summed E-state index contributed by atoms with van der Waals surface area (Å²) >= 11 is 0. The summed E-state index contributed by atoms with van der Waals surface area (Å²) in [5, 5.41) is 35.9. The first-order valence-electron chi connectivity index (χ1n) is 8.56. The average molecular weight is 378 g/mol. The fourth-order valence-electron chi connectivity index (χ4n) is 2.51. The number of rotatable bonds is 9. The summed E-state index contributed by atoms with van der Waals surface area (Å²) in [7, 11) is 3.26. The summed E-state index contributed by atoms with van der Waals surface area (Å²) < 4.78 is 14.0. The molecule has 0 saturated heterocycles. The lowest BCUT2D eigenvalue weighted by molar-refractivity contribution is 0.258. The third-order valence-corrected chi connectivity index (χ3v) is 4.03. The Morgan fingerprint density at radius 1 is 0.679 bits per heavy atom. The molecule has 0 spiro atoms. The molecular weight excluding hydrogens is 360 g/mol. The number of nitrogens with zero attached hydrogens (tertiary/aromatic N) is 8. The van der Waals surface area contributed by atoms with Gasteiger partial charge in [-0.3, -0.25) is 9.13 Å². The summed E-state index contributed by atoms with van der Waals surface area (Å²) in [6.07, 6.45) is 3.38. The monoisotopic (exact) mass is 378 g/mol. The van der Waals surface area contributed by atoms with Gasteiger partial charge in [0.15, 0.2) is 22.8 Å². The fourth-order valence-corrected chi connectivity index (χ4v) is 2.51. The van der Waals surface area contributed by atoms with Gasteiger partial charge in [0.2, 0.25) is 0 Å². The second-order valence-corrected chi connectivity index (χ2v) is 5.86. The Morgan fingerprint density at radius 3 is 1.36 bits per heavy atom. The van der Waals surface area contributed by atoms with Gasteiger partial charge in [-0.05, 0) is 25.7 Å². The molecular formula is C18H18N8O2. The van der Waals surface area contributed by atoms with E-state index in [0.717, 1.165) is 25.7 Å². The Morgan fingerprint density at radius 2 is 1.07 bits per heavy atom. The first-order valence-corrected chi connectivity index (χ1v) is 8.56. The standard InChI is InChI=1S/C18H18N8O2/c1-25-15(11-21)13(9-19)23-17(25)27-7-5-3-4-6-8-28-18-24-14(10-20)16(12-22)26(18)2/h3-8H2,1-2H3. The number of aromatic nitrogens is 4. The van der Waals surface area contributed by atoms with E-state index in [2.05, 4.69) is 9.97 Å². The number of nitriles is 4. The molecule has 28 heavy (non-hydrogen) atoms. The van der Waals surface area contributed by atoms with Gasteiger partial charge in [-0.2, -0.15) is 31.0 Å². The van der Waals surface area contributed by atoms with E-state index in [-0.39, 0.29) is 34.8 Å². The van der Waals surface area contributed by atoms with Crippen LogP contribution in [0, 0.1) is 45.3 Å². The van der Waals surface area contributed by atoms with E-state index in [1.807, 2.05) is 24.3 Å². The molecule has 142 valence electrons. The van der Waals surface area contributed by atoms with E-state index in [1.165, 1.54) is 9.13 Å². The number of hydrogen-bond acceptors (Lipinski definition) is 8. The molecule has 10 nitrogen and oxygen atoms in total. The van der Waals surface area contributed by atoms with Crippen LogP contribution in [0.15, 0.2) is 0 Å². The number of hydrogen-bond donors (Lipinski definition) is 0. The highest BCUT2D eigenvalue weighted by Crippen LogP contribution is 2.17. The molecule has 2 heterocycles. The molecule has 0 amide bonds. The van der Waals surface area contributed by atoms with Gasteiger partial charge in [-0.15, -0.1) is 0 Å². The topological polar surface area (TPSA) is 149 Å². The zero-order chi connectivity index (χ0) is 20.5. The van der Waals surface area contributed by atoms with Crippen LogP contribution in [0.1, 0.15) is 48.5 Å². The maximum atomic E-state index is 9.01. The molecule has 0 aliphatic rings. The van der Waals surface area contributed by atoms with Crippen LogP contribution in [0.4, 0.5) is 0 Å². The van der Waals surface area contributed by atoms with Crippen molar-refractivity contribution >= 4 is 0 Å². The number of unbranched alkanes of at least 4 members (excludes halogenated alkanes) is 3. The molecule has 10 heteroatoms. The second-order valence-electron chi connectivity index (χ2n) is 5.86. The van der Waals surface area contributed by atoms with Crippen LogP contribution in [0.25, 0.3) is 0 Å². The quantitative estimate of drug-likeness (QED) is 0.598. The molecule has 0 unspecified atom stereocenters. The van der Waals surface area contributed by atoms with E-state index in [4.69, 9.17) is 30.5 Å². The van der Waals surface area contributed by atoms with E-state index < -0.39 is 0 Å². The zero-order valence-electron chi connectivity index (χ0n) is 15.6. The summed E-state index contributed by atoms with van der Waals surface area (Å²) in [6, 6.07) is 8.12. The van der Waals surface area contributed by atoms with E-state index >= 15 is 0 Å². The molecule has 0 bridgehead atoms. The first-order chi connectivity index (χ1) is 13.6. The highest BCUT2D eigenvalue weighted by molar-refractivity contribution is 5.39. The summed E-state index contributed by atoms with van der Waals surface area (Å²) in [4.78, 5) is 7.99. The number of ether oxygens (including phenoxy) is 2. The molecule has 0 radical (unpaired) electrons. The molecule has 0 aliphatic carbocycles. The SMILES string of the molecule is Cn1c(OCCCCCCOc2nc(C#N)c(C#N)n2C)nc(C#N)c1C#N. The minimum atomic E-state index is 0.0607. The van der Waals surface area contributed by atoms with Crippen LogP contribution in [0.3, 0.4) is 0 Å². The minimum Gasteiger partial charge on any atom is -0.465 e. The third-order valence-electron chi connectivity index (χ3n) is 4.03. The molecule has 0 atom stereocenters. The van der Waals surface area contributed by atoms with Crippen molar-refractivity contribution in [1.82, 2.24) is 19.1 Å². The van der Waals surface area contributed by atoms with Crippen molar-refractivity contribution in [2.45, 2.75) is 25.7 Å². The zero-order valence-corrected chi connectivity index (χ0v) is 15.6. The van der Waals surface area contributed by atoms with Crippen molar-refractivity contribution in [3.63, 3.8) is 0 Å². The molecule has 0 saturated carbocycles. The minimum absolute atomic E-state index is 0.0607.